The number of ether oxygens (including phenoxy) is 1. The quantitative estimate of drug-likeness (QED) is 0.570. The van der Waals surface area contributed by atoms with E-state index in [2.05, 4.69) is 13.8 Å². The molecule has 1 nitrogen and oxygen atoms in total. The first kappa shape index (κ1) is 15.4. The Bertz CT molecular complexity index is 222. The Morgan fingerprint density at radius 3 is 2.16 bits per heavy atom. The van der Waals surface area contributed by atoms with Crippen LogP contribution in [-0.2, 0) is 4.74 Å². The van der Waals surface area contributed by atoms with Gasteiger partial charge in [0.05, 0.1) is 6.10 Å². The molecule has 1 heterocycles. The minimum Gasteiger partial charge on any atom is -0.378 e. The lowest BCUT2D eigenvalue weighted by Crippen LogP contribution is -2.34. The molecule has 0 amide bonds. The minimum absolute atomic E-state index is 0.611. The molecule has 0 aromatic heterocycles. The maximum absolute atomic E-state index is 6.23. The van der Waals surface area contributed by atoms with Gasteiger partial charge in [0.1, 0.15) is 0 Å². The van der Waals surface area contributed by atoms with Gasteiger partial charge in [-0.15, -0.1) is 0 Å². The molecule has 0 aromatic rings. The van der Waals surface area contributed by atoms with E-state index in [4.69, 9.17) is 4.74 Å². The molecule has 2 rings (SSSR count). The second-order valence-corrected chi connectivity index (χ2v) is 7.00. The van der Waals surface area contributed by atoms with Gasteiger partial charge >= 0.3 is 0 Å². The molecule has 2 fully saturated rings. The fraction of sp³-hybridized carbons (Fsp3) is 1.00. The Morgan fingerprint density at radius 1 is 0.842 bits per heavy atom. The van der Waals surface area contributed by atoms with Gasteiger partial charge in [-0.1, -0.05) is 52.4 Å². The molecule has 1 saturated heterocycles. The van der Waals surface area contributed by atoms with Gasteiger partial charge in [0, 0.05) is 6.61 Å². The fourth-order valence-electron chi connectivity index (χ4n) is 4.08. The molecule has 0 bridgehead atoms. The Morgan fingerprint density at radius 2 is 1.58 bits per heavy atom. The van der Waals surface area contributed by atoms with Crippen LogP contribution in [0.2, 0.25) is 0 Å². The molecule has 1 aliphatic heterocycles. The third-order valence-corrected chi connectivity index (χ3v) is 5.62. The predicted octanol–water partition coefficient (Wildman–Crippen LogP) is 5.58. The van der Waals surface area contributed by atoms with E-state index in [1.54, 1.807) is 0 Å². The van der Waals surface area contributed by atoms with Gasteiger partial charge in [-0.05, 0) is 49.9 Å². The zero-order valence-electron chi connectivity index (χ0n) is 13.2. The van der Waals surface area contributed by atoms with Crippen molar-refractivity contribution in [3.63, 3.8) is 0 Å². The molecule has 2 aliphatic rings. The molecule has 0 radical (unpaired) electrons. The van der Waals surface area contributed by atoms with Gasteiger partial charge < -0.3 is 4.74 Å². The molecule has 0 spiro atoms. The summed E-state index contributed by atoms with van der Waals surface area (Å²) in [5, 5.41) is 0. The summed E-state index contributed by atoms with van der Waals surface area (Å²) in [6.45, 7) is 5.70. The molecule has 1 heteroatoms. The summed E-state index contributed by atoms with van der Waals surface area (Å²) < 4.78 is 6.23. The van der Waals surface area contributed by atoms with E-state index in [0.717, 1.165) is 24.4 Å². The molecule has 19 heavy (non-hydrogen) atoms. The van der Waals surface area contributed by atoms with E-state index in [0.29, 0.717) is 6.10 Å². The van der Waals surface area contributed by atoms with E-state index < -0.39 is 0 Å². The van der Waals surface area contributed by atoms with Gasteiger partial charge in [0.2, 0.25) is 0 Å². The van der Waals surface area contributed by atoms with E-state index >= 15 is 0 Å². The molecule has 2 atom stereocenters. The van der Waals surface area contributed by atoms with Gasteiger partial charge in [0.15, 0.2) is 0 Å². The second kappa shape index (κ2) is 8.29. The highest BCUT2D eigenvalue weighted by atomic mass is 16.5. The zero-order chi connectivity index (χ0) is 13.5. The monoisotopic (exact) mass is 266 g/mol. The standard InChI is InChI=1S/C18H34O/c1-3-5-6-7-16-10-13-18(19-14-16)17-11-8-15(4-2)9-12-17/h15-18H,3-14H2,1-2H3. The molecule has 1 aliphatic carbocycles. The smallest absolute Gasteiger partial charge is 0.0603 e. The topological polar surface area (TPSA) is 9.23 Å². The van der Waals surface area contributed by atoms with Crippen LogP contribution in [0.1, 0.15) is 84.5 Å². The first-order chi connectivity index (χ1) is 9.33. The number of rotatable bonds is 6. The van der Waals surface area contributed by atoms with Crippen LogP contribution in [0.5, 0.6) is 0 Å². The van der Waals surface area contributed by atoms with Crippen molar-refractivity contribution in [1.82, 2.24) is 0 Å². The highest BCUT2D eigenvalue weighted by Gasteiger charge is 2.30. The van der Waals surface area contributed by atoms with E-state index in [1.165, 1.54) is 70.6 Å². The van der Waals surface area contributed by atoms with Crippen molar-refractivity contribution < 1.29 is 4.74 Å². The minimum atomic E-state index is 0.611. The van der Waals surface area contributed by atoms with Gasteiger partial charge in [-0.2, -0.15) is 0 Å². The van der Waals surface area contributed by atoms with Crippen LogP contribution >= 0.6 is 0 Å². The van der Waals surface area contributed by atoms with E-state index in [9.17, 15) is 0 Å². The van der Waals surface area contributed by atoms with E-state index in [1.807, 2.05) is 0 Å². The van der Waals surface area contributed by atoms with Crippen LogP contribution in [0, 0.1) is 17.8 Å². The van der Waals surface area contributed by atoms with Crippen LogP contribution in [-0.4, -0.2) is 12.7 Å². The van der Waals surface area contributed by atoms with Crippen molar-refractivity contribution in [2.75, 3.05) is 6.61 Å². The lowest BCUT2D eigenvalue weighted by Gasteiger charge is -2.37. The molecule has 112 valence electrons. The highest BCUT2D eigenvalue weighted by Crippen LogP contribution is 2.37. The van der Waals surface area contributed by atoms with Crippen molar-refractivity contribution in [2.45, 2.75) is 90.6 Å². The van der Waals surface area contributed by atoms with Crippen LogP contribution in [0.4, 0.5) is 0 Å². The third kappa shape index (κ3) is 4.77. The lowest BCUT2D eigenvalue weighted by atomic mass is 9.76. The average molecular weight is 266 g/mol. The summed E-state index contributed by atoms with van der Waals surface area (Å²) in [4.78, 5) is 0. The van der Waals surface area contributed by atoms with Crippen molar-refractivity contribution in [3.05, 3.63) is 0 Å². The first-order valence-corrected chi connectivity index (χ1v) is 8.95. The maximum Gasteiger partial charge on any atom is 0.0603 e. The Labute approximate surface area is 120 Å². The lowest BCUT2D eigenvalue weighted by molar-refractivity contribution is -0.0597. The Hall–Kier alpha value is -0.0400. The number of hydrogen-bond acceptors (Lipinski definition) is 1. The molecular weight excluding hydrogens is 232 g/mol. The first-order valence-electron chi connectivity index (χ1n) is 8.95. The van der Waals surface area contributed by atoms with Crippen molar-refractivity contribution >= 4 is 0 Å². The summed E-state index contributed by atoms with van der Waals surface area (Å²) in [6.07, 6.45) is 16.1. The second-order valence-electron chi connectivity index (χ2n) is 7.00. The number of hydrogen-bond donors (Lipinski definition) is 0. The summed E-state index contributed by atoms with van der Waals surface area (Å²) in [6, 6.07) is 0. The fourth-order valence-corrected chi connectivity index (χ4v) is 4.08. The largest absolute Gasteiger partial charge is 0.378 e. The van der Waals surface area contributed by atoms with Crippen molar-refractivity contribution in [1.29, 1.82) is 0 Å². The normalized spacial score (nSPS) is 36.3. The van der Waals surface area contributed by atoms with Crippen molar-refractivity contribution in [2.24, 2.45) is 17.8 Å². The molecular formula is C18H34O. The Kier molecular flexibility index (Phi) is 6.70. The maximum atomic E-state index is 6.23. The molecule has 0 aromatic carbocycles. The van der Waals surface area contributed by atoms with Gasteiger partial charge in [-0.3, -0.25) is 0 Å². The molecule has 0 N–H and O–H groups in total. The van der Waals surface area contributed by atoms with Crippen LogP contribution in [0.25, 0.3) is 0 Å². The summed E-state index contributed by atoms with van der Waals surface area (Å²) >= 11 is 0. The van der Waals surface area contributed by atoms with Gasteiger partial charge in [0.25, 0.3) is 0 Å². The number of unbranched alkanes of at least 4 members (excludes halogenated alkanes) is 2. The summed E-state index contributed by atoms with van der Waals surface area (Å²) in [5.74, 6) is 2.77. The third-order valence-electron chi connectivity index (χ3n) is 5.62. The van der Waals surface area contributed by atoms with Crippen LogP contribution in [0.3, 0.4) is 0 Å². The van der Waals surface area contributed by atoms with Crippen LogP contribution < -0.4 is 0 Å². The van der Waals surface area contributed by atoms with Crippen LogP contribution in [0.15, 0.2) is 0 Å². The average Bonchev–Trinajstić information content (AvgIpc) is 2.48. The molecule has 1 saturated carbocycles. The van der Waals surface area contributed by atoms with Crippen molar-refractivity contribution in [3.8, 4) is 0 Å². The summed E-state index contributed by atoms with van der Waals surface area (Å²) in [7, 11) is 0. The Balaban J connectivity index is 1.63. The zero-order valence-corrected chi connectivity index (χ0v) is 13.2. The SMILES string of the molecule is CCCCCC1CCC(C2CCC(CC)CC2)OC1. The highest BCUT2D eigenvalue weighted by molar-refractivity contribution is 4.81. The van der Waals surface area contributed by atoms with E-state index in [-0.39, 0.29) is 0 Å². The predicted molar refractivity (Wildman–Crippen MR) is 82.3 cm³/mol. The summed E-state index contributed by atoms with van der Waals surface area (Å²) in [5.41, 5.74) is 0. The van der Waals surface area contributed by atoms with Gasteiger partial charge in [-0.25, -0.2) is 0 Å². The molecule has 2 unspecified atom stereocenters.